The predicted octanol–water partition coefficient (Wildman–Crippen LogP) is 3.53. The smallest absolute Gasteiger partial charge is 0.123 e. The molecule has 0 amide bonds. The summed E-state index contributed by atoms with van der Waals surface area (Å²) in [4.78, 5) is 4.40. The fraction of sp³-hybridized carbons (Fsp3) is 0.235. The van der Waals surface area contributed by atoms with Crippen LogP contribution >= 0.6 is 0 Å². The number of benzene rings is 2. The van der Waals surface area contributed by atoms with Gasteiger partial charge in [0.05, 0.1) is 23.4 Å². The average molecular weight is 283 g/mol. The number of para-hydroxylation sites is 2. The third kappa shape index (κ3) is 2.95. The number of hydrogen-bond acceptors (Lipinski definition) is 2. The van der Waals surface area contributed by atoms with Crippen molar-refractivity contribution in [2.45, 2.75) is 19.5 Å². The van der Waals surface area contributed by atoms with Gasteiger partial charge >= 0.3 is 0 Å². The Balaban J connectivity index is 1.92. The summed E-state index contributed by atoms with van der Waals surface area (Å²) in [6.45, 7) is 3.60. The summed E-state index contributed by atoms with van der Waals surface area (Å²) in [5.74, 6) is -0.203. The second-order valence-corrected chi connectivity index (χ2v) is 5.05. The van der Waals surface area contributed by atoms with E-state index < -0.39 is 0 Å². The number of halogens is 1. The zero-order chi connectivity index (χ0) is 14.7. The van der Waals surface area contributed by atoms with E-state index in [9.17, 15) is 4.39 Å². The minimum absolute atomic E-state index is 0.0586. The third-order valence-electron chi connectivity index (χ3n) is 3.61. The van der Waals surface area contributed by atoms with Crippen LogP contribution in [0, 0.1) is 5.82 Å². The molecule has 0 aliphatic rings. The van der Waals surface area contributed by atoms with Crippen molar-refractivity contribution in [1.82, 2.24) is 14.9 Å². The average Bonchev–Trinajstić information content (AvgIpc) is 2.90. The zero-order valence-corrected chi connectivity index (χ0v) is 12.0. The molecular weight excluding hydrogens is 265 g/mol. The molecule has 0 fully saturated rings. The van der Waals surface area contributed by atoms with Gasteiger partial charge in [-0.05, 0) is 36.4 Å². The largest absolute Gasteiger partial charge is 0.329 e. The van der Waals surface area contributed by atoms with Crippen molar-refractivity contribution in [1.29, 1.82) is 0 Å². The van der Waals surface area contributed by atoms with Gasteiger partial charge in [-0.3, -0.25) is 0 Å². The van der Waals surface area contributed by atoms with E-state index in [1.807, 2.05) is 30.6 Å². The van der Waals surface area contributed by atoms with Crippen molar-refractivity contribution in [3.63, 3.8) is 0 Å². The molecule has 1 aromatic heterocycles. The van der Waals surface area contributed by atoms with Crippen LogP contribution in [0.25, 0.3) is 11.0 Å². The second-order valence-electron chi connectivity index (χ2n) is 5.05. The van der Waals surface area contributed by atoms with E-state index in [-0.39, 0.29) is 11.9 Å². The summed E-state index contributed by atoms with van der Waals surface area (Å²) in [5.41, 5.74) is 3.03. The fourth-order valence-corrected chi connectivity index (χ4v) is 2.61. The highest BCUT2D eigenvalue weighted by Crippen LogP contribution is 2.19. The molecule has 0 saturated heterocycles. The monoisotopic (exact) mass is 283 g/mol. The van der Waals surface area contributed by atoms with Crippen molar-refractivity contribution in [3.8, 4) is 0 Å². The fourth-order valence-electron chi connectivity index (χ4n) is 2.61. The molecule has 0 bridgehead atoms. The van der Waals surface area contributed by atoms with Crippen molar-refractivity contribution < 1.29 is 4.39 Å². The summed E-state index contributed by atoms with van der Waals surface area (Å²) < 4.78 is 15.6. The third-order valence-corrected chi connectivity index (χ3v) is 3.61. The Hall–Kier alpha value is -2.20. The zero-order valence-electron chi connectivity index (χ0n) is 12.0. The molecule has 3 nitrogen and oxygen atoms in total. The molecule has 0 spiro atoms. The van der Waals surface area contributed by atoms with Crippen LogP contribution in [0.15, 0.2) is 54.9 Å². The van der Waals surface area contributed by atoms with Crippen LogP contribution in [0.2, 0.25) is 0 Å². The van der Waals surface area contributed by atoms with Gasteiger partial charge in [0, 0.05) is 6.54 Å². The number of rotatable bonds is 5. The molecule has 1 heterocycles. The van der Waals surface area contributed by atoms with Gasteiger partial charge in [-0.15, -0.1) is 0 Å². The SMILES string of the molecule is CCNC(Cn1cnc2ccccc21)c1cccc(F)c1. The normalized spacial score (nSPS) is 12.7. The Morgan fingerprint density at radius 1 is 1.19 bits per heavy atom. The molecule has 1 N–H and O–H groups in total. The standard InChI is InChI=1S/C17H18FN3/c1-2-19-16(13-6-5-7-14(18)10-13)11-21-12-20-15-8-3-4-9-17(15)21/h3-10,12,16,19H,2,11H2,1H3. The van der Waals surface area contributed by atoms with Crippen LogP contribution < -0.4 is 5.32 Å². The molecule has 3 rings (SSSR count). The molecule has 21 heavy (non-hydrogen) atoms. The maximum absolute atomic E-state index is 13.5. The summed E-state index contributed by atoms with van der Waals surface area (Å²) in [6.07, 6.45) is 1.84. The maximum atomic E-state index is 13.5. The number of imidazole rings is 1. The highest BCUT2D eigenvalue weighted by molar-refractivity contribution is 5.74. The van der Waals surface area contributed by atoms with Gasteiger partial charge in [0.15, 0.2) is 0 Å². The van der Waals surface area contributed by atoms with Gasteiger partial charge in [0.25, 0.3) is 0 Å². The van der Waals surface area contributed by atoms with E-state index >= 15 is 0 Å². The van der Waals surface area contributed by atoms with Crippen LogP contribution in [0.1, 0.15) is 18.5 Å². The van der Waals surface area contributed by atoms with E-state index in [4.69, 9.17) is 0 Å². The summed E-state index contributed by atoms with van der Waals surface area (Å²) in [5, 5.41) is 3.41. The molecule has 0 aliphatic carbocycles. The first-order chi connectivity index (χ1) is 10.3. The summed E-state index contributed by atoms with van der Waals surface area (Å²) in [6, 6.07) is 14.9. The highest BCUT2D eigenvalue weighted by Gasteiger charge is 2.13. The molecule has 0 saturated carbocycles. The van der Waals surface area contributed by atoms with Crippen molar-refractivity contribution in [2.75, 3.05) is 6.54 Å². The van der Waals surface area contributed by atoms with E-state index in [1.54, 1.807) is 12.1 Å². The minimum Gasteiger partial charge on any atom is -0.329 e. The number of nitrogens with one attached hydrogen (secondary N) is 1. The Morgan fingerprint density at radius 3 is 2.86 bits per heavy atom. The van der Waals surface area contributed by atoms with E-state index in [2.05, 4.69) is 27.9 Å². The first kappa shape index (κ1) is 13.8. The van der Waals surface area contributed by atoms with Gasteiger partial charge in [0.1, 0.15) is 5.82 Å². The topological polar surface area (TPSA) is 29.9 Å². The Morgan fingerprint density at radius 2 is 2.05 bits per heavy atom. The molecule has 1 atom stereocenters. The molecule has 4 heteroatoms. The van der Waals surface area contributed by atoms with Crippen LogP contribution in [-0.4, -0.2) is 16.1 Å². The van der Waals surface area contributed by atoms with Gasteiger partial charge in [-0.25, -0.2) is 9.37 Å². The summed E-state index contributed by atoms with van der Waals surface area (Å²) >= 11 is 0. The Labute approximate surface area is 123 Å². The Kier molecular flexibility index (Phi) is 3.97. The lowest BCUT2D eigenvalue weighted by Crippen LogP contribution is -2.25. The highest BCUT2D eigenvalue weighted by atomic mass is 19.1. The van der Waals surface area contributed by atoms with Crippen LogP contribution in [0.5, 0.6) is 0 Å². The van der Waals surface area contributed by atoms with Crippen molar-refractivity contribution in [3.05, 3.63) is 66.2 Å². The van der Waals surface area contributed by atoms with Gasteiger partial charge < -0.3 is 9.88 Å². The van der Waals surface area contributed by atoms with Crippen molar-refractivity contribution in [2.24, 2.45) is 0 Å². The second kappa shape index (κ2) is 6.06. The van der Waals surface area contributed by atoms with Crippen LogP contribution in [0.4, 0.5) is 4.39 Å². The number of likely N-dealkylation sites (N-methyl/N-ethyl adjacent to an activating group) is 1. The van der Waals surface area contributed by atoms with Crippen molar-refractivity contribution >= 4 is 11.0 Å². The molecular formula is C17H18FN3. The molecule has 0 aliphatic heterocycles. The minimum atomic E-state index is -0.203. The van der Waals surface area contributed by atoms with Gasteiger partial charge in [-0.2, -0.15) is 0 Å². The first-order valence-electron chi connectivity index (χ1n) is 7.16. The molecule has 2 aromatic carbocycles. The number of aromatic nitrogens is 2. The molecule has 1 unspecified atom stereocenters. The number of fused-ring (bicyclic) bond motifs is 1. The van der Waals surface area contributed by atoms with Gasteiger partial charge in [0.2, 0.25) is 0 Å². The number of nitrogens with zero attached hydrogens (tertiary/aromatic N) is 2. The molecule has 3 aromatic rings. The van der Waals surface area contributed by atoms with E-state index in [0.717, 1.165) is 29.7 Å². The lowest BCUT2D eigenvalue weighted by atomic mass is 10.1. The van der Waals surface area contributed by atoms with E-state index in [1.165, 1.54) is 6.07 Å². The van der Waals surface area contributed by atoms with Crippen LogP contribution in [-0.2, 0) is 6.54 Å². The lowest BCUT2D eigenvalue weighted by Gasteiger charge is -2.19. The number of hydrogen-bond donors (Lipinski definition) is 1. The maximum Gasteiger partial charge on any atom is 0.123 e. The first-order valence-corrected chi connectivity index (χ1v) is 7.16. The quantitative estimate of drug-likeness (QED) is 0.776. The summed E-state index contributed by atoms with van der Waals surface area (Å²) in [7, 11) is 0. The van der Waals surface area contributed by atoms with Gasteiger partial charge in [-0.1, -0.05) is 31.2 Å². The lowest BCUT2D eigenvalue weighted by molar-refractivity contribution is 0.478. The molecule has 108 valence electrons. The van der Waals surface area contributed by atoms with E-state index in [0.29, 0.717) is 0 Å². The Bertz CT molecular complexity index is 735. The molecule has 0 radical (unpaired) electrons. The van der Waals surface area contributed by atoms with Crippen LogP contribution in [0.3, 0.4) is 0 Å². The predicted molar refractivity (Wildman–Crippen MR) is 82.6 cm³/mol.